The van der Waals surface area contributed by atoms with E-state index < -0.39 is 0 Å². The zero-order chi connectivity index (χ0) is 16.4. The molecule has 1 amide bonds. The molecule has 0 aliphatic carbocycles. The van der Waals surface area contributed by atoms with Gasteiger partial charge in [0, 0.05) is 23.7 Å². The van der Waals surface area contributed by atoms with Gasteiger partial charge < -0.3 is 9.64 Å². The second-order valence-corrected chi connectivity index (χ2v) is 6.57. The lowest BCUT2D eigenvalue weighted by atomic mass is 9.97. The Morgan fingerprint density at radius 3 is 2.78 bits per heavy atom. The van der Waals surface area contributed by atoms with Gasteiger partial charge in [-0.05, 0) is 57.4 Å². The van der Waals surface area contributed by atoms with Crippen LogP contribution in [0.2, 0.25) is 5.02 Å². The van der Waals surface area contributed by atoms with Gasteiger partial charge in [0.25, 0.3) is 5.91 Å². The number of pyridine rings is 1. The van der Waals surface area contributed by atoms with Crippen LogP contribution < -0.4 is 4.74 Å². The maximum atomic E-state index is 12.5. The Labute approximate surface area is 141 Å². The Bertz CT molecular complexity index is 709. The molecule has 5 heteroatoms. The van der Waals surface area contributed by atoms with Crippen LogP contribution >= 0.6 is 11.6 Å². The van der Waals surface area contributed by atoms with Gasteiger partial charge in [0.2, 0.25) is 0 Å². The predicted octanol–water partition coefficient (Wildman–Crippen LogP) is 4.06. The Balaban J connectivity index is 1.76. The Kier molecular flexibility index (Phi) is 4.71. The number of hydrogen-bond acceptors (Lipinski definition) is 3. The van der Waals surface area contributed by atoms with Gasteiger partial charge in [0.1, 0.15) is 11.3 Å². The Morgan fingerprint density at radius 1 is 1.30 bits per heavy atom. The number of amides is 1. The smallest absolute Gasteiger partial charge is 0.260 e. The number of fused-ring (bicyclic) bond motifs is 1. The molecule has 0 radical (unpaired) electrons. The molecule has 2 aromatic rings. The number of benzene rings is 1. The lowest BCUT2D eigenvalue weighted by Crippen LogP contribution is -2.49. The summed E-state index contributed by atoms with van der Waals surface area (Å²) in [6.45, 7) is 4.24. The molecule has 0 saturated carbocycles. The van der Waals surface area contributed by atoms with Crippen LogP contribution in [0.15, 0.2) is 30.5 Å². The van der Waals surface area contributed by atoms with E-state index in [1.165, 1.54) is 6.42 Å². The van der Waals surface area contributed by atoms with E-state index in [-0.39, 0.29) is 24.6 Å². The van der Waals surface area contributed by atoms with E-state index in [9.17, 15) is 4.79 Å². The van der Waals surface area contributed by atoms with Crippen molar-refractivity contribution in [3.05, 3.63) is 35.5 Å². The molecule has 1 saturated heterocycles. The fraction of sp³-hybridized carbons (Fsp3) is 0.444. The largest absolute Gasteiger partial charge is 0.481 e. The summed E-state index contributed by atoms with van der Waals surface area (Å²) >= 11 is 6.18. The topological polar surface area (TPSA) is 42.4 Å². The Morgan fingerprint density at radius 2 is 2.04 bits per heavy atom. The number of hydrogen-bond donors (Lipinski definition) is 0. The zero-order valence-electron chi connectivity index (χ0n) is 13.5. The summed E-state index contributed by atoms with van der Waals surface area (Å²) in [5, 5.41) is 1.46. The maximum absolute atomic E-state index is 12.5. The molecule has 2 atom stereocenters. The number of piperidine rings is 1. The van der Waals surface area contributed by atoms with Crippen LogP contribution in [0.1, 0.15) is 33.1 Å². The standard InChI is InChI=1S/C18H21ClN2O2/c1-12-5-3-6-13(2)21(12)17(22)11-23-16-9-8-15(19)14-7-4-10-20-18(14)16/h4,7-10,12-13H,3,5-6,11H2,1-2H3/t12-,13+. The van der Waals surface area contributed by atoms with Gasteiger partial charge in [-0.15, -0.1) is 0 Å². The first-order valence-corrected chi connectivity index (χ1v) is 8.43. The molecule has 122 valence electrons. The van der Waals surface area contributed by atoms with Crippen molar-refractivity contribution in [1.82, 2.24) is 9.88 Å². The number of nitrogens with zero attached hydrogens (tertiary/aromatic N) is 2. The van der Waals surface area contributed by atoms with Crippen LogP contribution in [0.3, 0.4) is 0 Å². The second kappa shape index (κ2) is 6.75. The Hall–Kier alpha value is -1.81. The predicted molar refractivity (Wildman–Crippen MR) is 91.9 cm³/mol. The average molecular weight is 333 g/mol. The van der Waals surface area contributed by atoms with E-state index >= 15 is 0 Å². The number of ether oxygens (including phenoxy) is 1. The molecule has 3 rings (SSSR count). The van der Waals surface area contributed by atoms with E-state index in [4.69, 9.17) is 16.3 Å². The van der Waals surface area contributed by atoms with Crippen LogP contribution in [0.5, 0.6) is 5.75 Å². The van der Waals surface area contributed by atoms with Gasteiger partial charge in [0.05, 0.1) is 5.02 Å². The minimum Gasteiger partial charge on any atom is -0.481 e. The van der Waals surface area contributed by atoms with Crippen molar-refractivity contribution in [2.75, 3.05) is 6.61 Å². The molecule has 1 aliphatic heterocycles. The van der Waals surface area contributed by atoms with Crippen LogP contribution in [-0.4, -0.2) is 34.5 Å². The van der Waals surface area contributed by atoms with Crippen molar-refractivity contribution in [3.8, 4) is 5.75 Å². The van der Waals surface area contributed by atoms with Crippen LogP contribution in [0.4, 0.5) is 0 Å². The molecule has 4 nitrogen and oxygen atoms in total. The van der Waals surface area contributed by atoms with Gasteiger partial charge in [-0.3, -0.25) is 9.78 Å². The monoisotopic (exact) mass is 332 g/mol. The number of likely N-dealkylation sites (tertiary alicyclic amines) is 1. The number of rotatable bonds is 3. The second-order valence-electron chi connectivity index (χ2n) is 6.16. The molecule has 2 heterocycles. The third-order valence-electron chi connectivity index (χ3n) is 4.51. The van der Waals surface area contributed by atoms with Gasteiger partial charge in [-0.1, -0.05) is 11.6 Å². The molecule has 0 bridgehead atoms. The zero-order valence-corrected chi connectivity index (χ0v) is 14.2. The first-order valence-electron chi connectivity index (χ1n) is 8.05. The summed E-state index contributed by atoms with van der Waals surface area (Å²) in [5.74, 6) is 0.624. The van der Waals surface area contributed by atoms with Crippen LogP contribution in [0.25, 0.3) is 10.9 Å². The minimum atomic E-state index is 0.0297. The van der Waals surface area contributed by atoms with E-state index in [2.05, 4.69) is 18.8 Å². The maximum Gasteiger partial charge on any atom is 0.260 e. The van der Waals surface area contributed by atoms with Crippen molar-refractivity contribution in [2.24, 2.45) is 0 Å². The van der Waals surface area contributed by atoms with Gasteiger partial charge in [0.15, 0.2) is 6.61 Å². The highest BCUT2D eigenvalue weighted by Gasteiger charge is 2.29. The highest BCUT2D eigenvalue weighted by molar-refractivity contribution is 6.35. The third-order valence-corrected chi connectivity index (χ3v) is 4.84. The van der Waals surface area contributed by atoms with Crippen molar-refractivity contribution in [3.63, 3.8) is 0 Å². The molecule has 1 aromatic heterocycles. The number of aromatic nitrogens is 1. The molecular formula is C18H21ClN2O2. The minimum absolute atomic E-state index is 0.0297. The van der Waals surface area contributed by atoms with Crippen LogP contribution in [-0.2, 0) is 4.79 Å². The summed E-state index contributed by atoms with van der Waals surface area (Å²) in [6.07, 6.45) is 4.99. The molecule has 0 N–H and O–H groups in total. The van der Waals surface area contributed by atoms with Crippen molar-refractivity contribution < 1.29 is 9.53 Å². The molecule has 0 spiro atoms. The van der Waals surface area contributed by atoms with Gasteiger partial charge in [-0.2, -0.15) is 0 Å². The quantitative estimate of drug-likeness (QED) is 0.851. The van der Waals surface area contributed by atoms with E-state index in [0.717, 1.165) is 18.2 Å². The van der Waals surface area contributed by atoms with Crippen molar-refractivity contribution in [1.29, 1.82) is 0 Å². The number of carbonyl (C=O) groups is 1. The average Bonchev–Trinajstić information content (AvgIpc) is 2.54. The molecule has 1 aromatic carbocycles. The van der Waals surface area contributed by atoms with Gasteiger partial charge in [-0.25, -0.2) is 0 Å². The first kappa shape index (κ1) is 16.1. The molecule has 23 heavy (non-hydrogen) atoms. The summed E-state index contributed by atoms with van der Waals surface area (Å²) < 4.78 is 5.77. The van der Waals surface area contributed by atoms with Gasteiger partial charge >= 0.3 is 0 Å². The lowest BCUT2D eigenvalue weighted by molar-refractivity contribution is -0.139. The third kappa shape index (κ3) is 3.27. The normalized spacial score (nSPS) is 21.4. The molecule has 1 aliphatic rings. The number of halogens is 1. The van der Waals surface area contributed by atoms with Crippen LogP contribution in [0, 0.1) is 0 Å². The van der Waals surface area contributed by atoms with Crippen molar-refractivity contribution >= 4 is 28.4 Å². The molecule has 1 fully saturated rings. The summed E-state index contributed by atoms with van der Waals surface area (Å²) in [6, 6.07) is 7.82. The fourth-order valence-corrected chi connectivity index (χ4v) is 3.57. The molecular weight excluding hydrogens is 312 g/mol. The number of carbonyl (C=O) groups excluding carboxylic acids is 1. The summed E-state index contributed by atoms with van der Waals surface area (Å²) in [5.41, 5.74) is 0.688. The summed E-state index contributed by atoms with van der Waals surface area (Å²) in [4.78, 5) is 18.8. The molecule has 0 unspecified atom stereocenters. The highest BCUT2D eigenvalue weighted by Crippen LogP contribution is 2.30. The lowest BCUT2D eigenvalue weighted by Gasteiger charge is -2.39. The summed E-state index contributed by atoms with van der Waals surface area (Å²) in [7, 11) is 0. The van der Waals surface area contributed by atoms with E-state index in [0.29, 0.717) is 16.3 Å². The van der Waals surface area contributed by atoms with E-state index in [1.807, 2.05) is 17.0 Å². The first-order chi connectivity index (χ1) is 11.1. The fourth-order valence-electron chi connectivity index (χ4n) is 3.36. The highest BCUT2D eigenvalue weighted by atomic mass is 35.5. The van der Waals surface area contributed by atoms with Crippen molar-refractivity contribution in [2.45, 2.75) is 45.2 Å². The van der Waals surface area contributed by atoms with E-state index in [1.54, 1.807) is 18.3 Å². The SMILES string of the molecule is C[C@@H]1CCC[C@H](C)N1C(=O)COc1ccc(Cl)c2cccnc12.